The van der Waals surface area contributed by atoms with Crippen molar-refractivity contribution in [2.75, 3.05) is 12.4 Å². The third-order valence-electron chi connectivity index (χ3n) is 4.09. The van der Waals surface area contributed by atoms with Crippen LogP contribution in [0.15, 0.2) is 48.5 Å². The van der Waals surface area contributed by atoms with Gasteiger partial charge in [-0.15, -0.1) is 0 Å². The van der Waals surface area contributed by atoms with Gasteiger partial charge in [-0.2, -0.15) is 5.10 Å². The van der Waals surface area contributed by atoms with Crippen LogP contribution in [0.3, 0.4) is 0 Å². The quantitative estimate of drug-likeness (QED) is 0.556. The number of aromatic amines is 1. The predicted molar refractivity (Wildman–Crippen MR) is 116 cm³/mol. The van der Waals surface area contributed by atoms with Crippen molar-refractivity contribution < 1.29 is 19.1 Å². The second kappa shape index (κ2) is 9.29. The number of methoxy groups -OCH3 is 1. The number of hydrogen-bond donors (Lipinski definition) is 3. The van der Waals surface area contributed by atoms with Gasteiger partial charge in [0, 0.05) is 16.8 Å². The van der Waals surface area contributed by atoms with E-state index in [9.17, 15) is 9.59 Å². The van der Waals surface area contributed by atoms with Crippen molar-refractivity contribution >= 4 is 17.7 Å². The Hall–Kier alpha value is -3.88. The Morgan fingerprint density at radius 1 is 1.03 bits per heavy atom. The maximum absolute atomic E-state index is 12.4. The maximum Gasteiger partial charge on any atom is 0.412 e. The Morgan fingerprint density at radius 2 is 1.71 bits per heavy atom. The van der Waals surface area contributed by atoms with Gasteiger partial charge in [0.15, 0.2) is 5.82 Å². The fourth-order valence-electron chi connectivity index (χ4n) is 2.64. The van der Waals surface area contributed by atoms with Gasteiger partial charge in [-0.3, -0.25) is 15.2 Å². The Morgan fingerprint density at radius 3 is 2.32 bits per heavy atom. The summed E-state index contributed by atoms with van der Waals surface area (Å²) in [6.07, 6.45) is -0.553. The second-order valence-corrected chi connectivity index (χ2v) is 7.72. The Labute approximate surface area is 180 Å². The summed E-state index contributed by atoms with van der Waals surface area (Å²) in [5, 5.41) is 12.4. The molecule has 1 aromatic heterocycles. The minimum absolute atomic E-state index is 0.194. The fourth-order valence-corrected chi connectivity index (χ4v) is 2.64. The van der Waals surface area contributed by atoms with Crippen LogP contribution in [0.4, 0.5) is 10.5 Å². The summed E-state index contributed by atoms with van der Waals surface area (Å²) in [4.78, 5) is 28.6. The first-order valence-electron chi connectivity index (χ1n) is 9.67. The van der Waals surface area contributed by atoms with E-state index in [2.05, 4.69) is 25.8 Å². The number of carbonyl (C=O) groups is 2. The van der Waals surface area contributed by atoms with E-state index in [0.717, 1.165) is 11.3 Å². The average Bonchev–Trinajstić information content (AvgIpc) is 3.20. The number of carbonyl (C=O) groups excluding carboxylic acids is 2. The van der Waals surface area contributed by atoms with Crippen LogP contribution in [0.5, 0.6) is 5.75 Å². The Bertz CT molecular complexity index is 1040. The first-order valence-corrected chi connectivity index (χ1v) is 9.67. The number of nitrogens with zero attached hydrogens (tertiary/aromatic N) is 2. The van der Waals surface area contributed by atoms with Crippen LogP contribution < -0.4 is 15.4 Å². The molecule has 0 saturated heterocycles. The third kappa shape index (κ3) is 6.30. The van der Waals surface area contributed by atoms with E-state index in [0.29, 0.717) is 22.9 Å². The van der Waals surface area contributed by atoms with Crippen molar-refractivity contribution in [3.8, 4) is 17.1 Å². The number of aromatic nitrogens is 3. The third-order valence-corrected chi connectivity index (χ3v) is 4.09. The first kappa shape index (κ1) is 21.8. The molecule has 31 heavy (non-hydrogen) atoms. The summed E-state index contributed by atoms with van der Waals surface area (Å²) < 4.78 is 10.3. The van der Waals surface area contributed by atoms with E-state index in [1.807, 2.05) is 24.3 Å². The molecule has 3 rings (SSSR count). The molecule has 0 aliphatic heterocycles. The van der Waals surface area contributed by atoms with Gasteiger partial charge in [-0.25, -0.2) is 9.78 Å². The number of benzene rings is 2. The van der Waals surface area contributed by atoms with Crippen LogP contribution >= 0.6 is 0 Å². The molecular weight excluding hydrogens is 398 g/mol. The highest BCUT2D eigenvalue weighted by Crippen LogP contribution is 2.19. The van der Waals surface area contributed by atoms with Crippen LogP contribution in [0.2, 0.25) is 0 Å². The number of hydrogen-bond acceptors (Lipinski definition) is 6. The summed E-state index contributed by atoms with van der Waals surface area (Å²) >= 11 is 0. The lowest BCUT2D eigenvalue weighted by Crippen LogP contribution is -2.27. The fraction of sp³-hybridized carbons (Fsp3) is 0.273. The topological polar surface area (TPSA) is 118 Å². The van der Waals surface area contributed by atoms with Crippen molar-refractivity contribution in [1.82, 2.24) is 20.5 Å². The van der Waals surface area contributed by atoms with Crippen molar-refractivity contribution in [3.05, 3.63) is 59.9 Å². The lowest BCUT2D eigenvalue weighted by molar-refractivity contribution is 0.0635. The highest BCUT2D eigenvalue weighted by molar-refractivity contribution is 5.95. The van der Waals surface area contributed by atoms with E-state index in [4.69, 9.17) is 9.47 Å². The monoisotopic (exact) mass is 423 g/mol. The minimum Gasteiger partial charge on any atom is -0.497 e. The molecule has 1 heterocycles. The molecule has 0 radical (unpaired) electrons. The Kier molecular flexibility index (Phi) is 6.54. The molecule has 0 aliphatic rings. The molecule has 0 unspecified atom stereocenters. The highest BCUT2D eigenvalue weighted by atomic mass is 16.6. The van der Waals surface area contributed by atoms with Gasteiger partial charge in [-0.1, -0.05) is 0 Å². The molecule has 3 N–H and O–H groups in total. The molecule has 0 spiro atoms. The minimum atomic E-state index is -0.585. The lowest BCUT2D eigenvalue weighted by atomic mass is 10.2. The molecule has 2 amide bonds. The average molecular weight is 423 g/mol. The van der Waals surface area contributed by atoms with Crippen LogP contribution in [-0.2, 0) is 11.3 Å². The van der Waals surface area contributed by atoms with Gasteiger partial charge >= 0.3 is 6.09 Å². The number of anilines is 1. The molecular formula is C22H25N5O4. The summed E-state index contributed by atoms with van der Waals surface area (Å²) in [5.74, 6) is 1.54. The molecule has 0 fully saturated rings. The van der Waals surface area contributed by atoms with Gasteiger partial charge in [0.2, 0.25) is 0 Å². The first-order chi connectivity index (χ1) is 14.7. The zero-order valence-corrected chi connectivity index (χ0v) is 17.9. The summed E-state index contributed by atoms with van der Waals surface area (Å²) in [6.45, 7) is 5.55. The van der Waals surface area contributed by atoms with E-state index in [1.165, 1.54) is 0 Å². The van der Waals surface area contributed by atoms with E-state index in [-0.39, 0.29) is 12.5 Å². The normalized spacial score (nSPS) is 11.0. The maximum atomic E-state index is 12.4. The molecule has 9 heteroatoms. The van der Waals surface area contributed by atoms with Gasteiger partial charge in [-0.05, 0) is 69.3 Å². The van der Waals surface area contributed by atoms with E-state index < -0.39 is 11.7 Å². The van der Waals surface area contributed by atoms with E-state index in [1.54, 1.807) is 52.1 Å². The molecule has 0 aliphatic carbocycles. The summed E-state index contributed by atoms with van der Waals surface area (Å²) in [7, 11) is 1.60. The molecule has 0 bridgehead atoms. The largest absolute Gasteiger partial charge is 0.497 e. The van der Waals surface area contributed by atoms with Crippen molar-refractivity contribution in [3.63, 3.8) is 0 Å². The van der Waals surface area contributed by atoms with Crippen molar-refractivity contribution in [1.29, 1.82) is 0 Å². The zero-order valence-electron chi connectivity index (χ0n) is 17.9. The van der Waals surface area contributed by atoms with Gasteiger partial charge in [0.05, 0.1) is 13.7 Å². The van der Waals surface area contributed by atoms with Crippen LogP contribution in [0, 0.1) is 0 Å². The smallest absolute Gasteiger partial charge is 0.412 e. The number of rotatable bonds is 6. The standard InChI is InChI=1S/C22H25N5O4/c1-22(2,3)31-21(29)24-16-9-5-15(6-10-16)20(28)23-13-18-25-19(27-26-18)14-7-11-17(30-4)12-8-14/h5-12H,13H2,1-4H3,(H,23,28)(H,24,29)(H,25,26,27). The number of amides is 2. The van der Waals surface area contributed by atoms with Crippen LogP contribution in [0.1, 0.15) is 37.0 Å². The van der Waals surface area contributed by atoms with Gasteiger partial charge in [0.1, 0.15) is 17.2 Å². The van der Waals surface area contributed by atoms with Crippen LogP contribution in [0.25, 0.3) is 11.4 Å². The molecule has 162 valence electrons. The molecule has 2 aromatic carbocycles. The van der Waals surface area contributed by atoms with E-state index >= 15 is 0 Å². The predicted octanol–water partition coefficient (Wildman–Crippen LogP) is 3.76. The van der Waals surface area contributed by atoms with Crippen LogP contribution in [-0.4, -0.2) is 39.9 Å². The summed E-state index contributed by atoms with van der Waals surface area (Å²) in [5.41, 5.74) is 1.23. The highest BCUT2D eigenvalue weighted by Gasteiger charge is 2.16. The zero-order chi connectivity index (χ0) is 22.4. The number of ether oxygens (including phenoxy) is 2. The number of nitrogens with one attached hydrogen (secondary N) is 3. The molecule has 0 saturated carbocycles. The number of H-pyrrole nitrogens is 1. The summed E-state index contributed by atoms with van der Waals surface area (Å²) in [6, 6.07) is 13.9. The molecule has 9 nitrogen and oxygen atoms in total. The molecule has 0 atom stereocenters. The lowest BCUT2D eigenvalue weighted by Gasteiger charge is -2.19. The van der Waals surface area contributed by atoms with Gasteiger partial charge in [0.25, 0.3) is 5.91 Å². The van der Waals surface area contributed by atoms with Crippen molar-refractivity contribution in [2.45, 2.75) is 32.9 Å². The Balaban J connectivity index is 1.54. The van der Waals surface area contributed by atoms with Gasteiger partial charge < -0.3 is 14.8 Å². The SMILES string of the molecule is COc1ccc(-c2n[nH]c(CNC(=O)c3ccc(NC(=O)OC(C)(C)C)cc3)n2)cc1. The molecule has 3 aromatic rings. The second-order valence-electron chi connectivity index (χ2n) is 7.72. The van der Waals surface area contributed by atoms with Crippen molar-refractivity contribution in [2.24, 2.45) is 0 Å².